The number of alkyl halides is 1. The molecule has 0 aromatic heterocycles. The molecule has 1 aromatic carbocycles. The molecule has 0 radical (unpaired) electrons. The van der Waals surface area contributed by atoms with Gasteiger partial charge in [0.05, 0.1) is 16.7 Å². The first-order chi connectivity index (χ1) is 8.93. The third-order valence-electron chi connectivity index (χ3n) is 2.30. The highest BCUT2D eigenvalue weighted by Gasteiger charge is 2.25. The maximum atomic E-state index is 11.6. The van der Waals surface area contributed by atoms with Crippen molar-refractivity contribution in [1.82, 2.24) is 0 Å². The van der Waals surface area contributed by atoms with Crippen LogP contribution in [-0.2, 0) is 10.0 Å². The van der Waals surface area contributed by atoms with E-state index in [4.69, 9.17) is 21.1 Å². The number of nitrogens with zero attached hydrogens (tertiary/aromatic N) is 1. The molecule has 1 aliphatic rings. The molecule has 1 N–H and O–H groups in total. The summed E-state index contributed by atoms with van der Waals surface area (Å²) in [4.78, 5) is 10.2. The van der Waals surface area contributed by atoms with Crippen molar-refractivity contribution in [1.29, 1.82) is 0 Å². The van der Waals surface area contributed by atoms with Crippen molar-refractivity contribution < 1.29 is 22.8 Å². The van der Waals surface area contributed by atoms with Gasteiger partial charge in [-0.3, -0.25) is 14.8 Å². The van der Waals surface area contributed by atoms with E-state index in [9.17, 15) is 18.5 Å². The number of benzene rings is 1. The van der Waals surface area contributed by atoms with Crippen LogP contribution in [0.1, 0.15) is 0 Å². The Labute approximate surface area is 113 Å². The van der Waals surface area contributed by atoms with Crippen LogP contribution in [0, 0.1) is 10.1 Å². The Morgan fingerprint density at radius 1 is 1.37 bits per heavy atom. The van der Waals surface area contributed by atoms with E-state index in [2.05, 4.69) is 4.72 Å². The molecule has 0 amide bonds. The highest BCUT2D eigenvalue weighted by molar-refractivity contribution is 7.92. The second-order valence-corrected chi connectivity index (χ2v) is 5.81. The summed E-state index contributed by atoms with van der Waals surface area (Å²) in [6.07, 6.45) is 0. The molecule has 19 heavy (non-hydrogen) atoms. The van der Waals surface area contributed by atoms with Crippen molar-refractivity contribution >= 4 is 33.0 Å². The molecule has 0 spiro atoms. The van der Waals surface area contributed by atoms with Crippen molar-refractivity contribution in [3.8, 4) is 11.5 Å². The molecule has 2 rings (SSSR count). The summed E-state index contributed by atoms with van der Waals surface area (Å²) in [6, 6.07) is 2.33. The number of ether oxygens (including phenoxy) is 2. The van der Waals surface area contributed by atoms with Crippen molar-refractivity contribution in [2.45, 2.75) is 0 Å². The molecule has 0 fully saturated rings. The highest BCUT2D eigenvalue weighted by atomic mass is 35.5. The quantitative estimate of drug-likeness (QED) is 0.499. The lowest BCUT2D eigenvalue weighted by Crippen LogP contribution is -2.18. The highest BCUT2D eigenvalue weighted by Crippen LogP contribution is 2.40. The summed E-state index contributed by atoms with van der Waals surface area (Å²) in [6.45, 7) is -0.0651. The zero-order chi connectivity index (χ0) is 14.0. The third kappa shape index (κ3) is 2.99. The van der Waals surface area contributed by atoms with Crippen molar-refractivity contribution in [3.05, 3.63) is 22.2 Å². The van der Waals surface area contributed by atoms with E-state index in [0.29, 0.717) is 0 Å². The maximum Gasteiger partial charge on any atom is 0.297 e. The molecule has 1 heterocycles. The van der Waals surface area contributed by atoms with Crippen LogP contribution in [-0.4, -0.2) is 31.8 Å². The SMILES string of the molecule is O=[N+]([O-])c1cc2c(cc1NS(=O)(=O)CCCl)OCO2. The van der Waals surface area contributed by atoms with Crippen LogP contribution < -0.4 is 14.2 Å². The lowest BCUT2D eigenvalue weighted by Gasteiger charge is -2.08. The number of rotatable bonds is 5. The Hall–Kier alpha value is -1.74. The predicted molar refractivity (Wildman–Crippen MR) is 67.3 cm³/mol. The largest absolute Gasteiger partial charge is 0.454 e. The molecule has 104 valence electrons. The number of nitro groups is 1. The first-order valence-electron chi connectivity index (χ1n) is 5.07. The van der Waals surface area contributed by atoms with Gasteiger partial charge < -0.3 is 9.47 Å². The summed E-state index contributed by atoms with van der Waals surface area (Å²) >= 11 is 5.35. The fourth-order valence-electron chi connectivity index (χ4n) is 1.48. The van der Waals surface area contributed by atoms with Gasteiger partial charge in [0.15, 0.2) is 11.5 Å². The monoisotopic (exact) mass is 308 g/mol. The number of nitrogens with one attached hydrogen (secondary N) is 1. The molecule has 0 saturated carbocycles. The second kappa shape index (κ2) is 5.10. The Morgan fingerprint density at radius 2 is 2.00 bits per heavy atom. The predicted octanol–water partition coefficient (Wildman–Crippen LogP) is 1.30. The maximum absolute atomic E-state index is 11.6. The number of halogens is 1. The van der Waals surface area contributed by atoms with E-state index in [0.717, 1.165) is 6.07 Å². The van der Waals surface area contributed by atoms with Gasteiger partial charge in [0, 0.05) is 11.9 Å². The van der Waals surface area contributed by atoms with Gasteiger partial charge in [0.1, 0.15) is 5.69 Å². The van der Waals surface area contributed by atoms with Gasteiger partial charge in [-0.25, -0.2) is 8.42 Å². The molecule has 0 saturated heterocycles. The van der Waals surface area contributed by atoms with E-state index < -0.39 is 20.6 Å². The number of hydrogen-bond acceptors (Lipinski definition) is 6. The van der Waals surface area contributed by atoms with Gasteiger partial charge in [-0.2, -0.15) is 0 Å². The zero-order valence-corrected chi connectivity index (χ0v) is 11.0. The van der Waals surface area contributed by atoms with Crippen molar-refractivity contribution in [2.24, 2.45) is 0 Å². The van der Waals surface area contributed by atoms with Crippen LogP contribution in [0.2, 0.25) is 0 Å². The second-order valence-electron chi connectivity index (χ2n) is 3.59. The minimum atomic E-state index is -3.74. The van der Waals surface area contributed by atoms with E-state index >= 15 is 0 Å². The van der Waals surface area contributed by atoms with Crippen LogP contribution in [0.4, 0.5) is 11.4 Å². The number of fused-ring (bicyclic) bond motifs is 1. The first-order valence-corrected chi connectivity index (χ1v) is 7.26. The Morgan fingerprint density at radius 3 is 2.58 bits per heavy atom. The molecule has 0 aliphatic carbocycles. The summed E-state index contributed by atoms with van der Waals surface area (Å²) < 4.78 is 35.3. The molecule has 1 aliphatic heterocycles. The summed E-state index contributed by atoms with van der Waals surface area (Å²) in [5.41, 5.74) is -0.596. The van der Waals surface area contributed by atoms with Gasteiger partial charge in [-0.15, -0.1) is 11.6 Å². The standard InChI is InChI=1S/C9H9ClN2O6S/c10-1-2-19(15,16)11-6-3-8-9(18-5-17-8)4-7(6)12(13)14/h3-4,11H,1-2,5H2. The zero-order valence-electron chi connectivity index (χ0n) is 9.46. The van der Waals surface area contributed by atoms with Gasteiger partial charge >= 0.3 is 0 Å². The van der Waals surface area contributed by atoms with Gasteiger partial charge in [0.2, 0.25) is 16.8 Å². The lowest BCUT2D eigenvalue weighted by molar-refractivity contribution is -0.383. The van der Waals surface area contributed by atoms with E-state index in [-0.39, 0.29) is 35.6 Å². The fourth-order valence-corrected chi connectivity index (χ4v) is 2.90. The average molecular weight is 309 g/mol. The van der Waals surface area contributed by atoms with Gasteiger partial charge in [-0.05, 0) is 0 Å². The molecule has 1 aromatic rings. The van der Waals surface area contributed by atoms with Gasteiger partial charge in [0.25, 0.3) is 5.69 Å². The molecular formula is C9H9ClN2O6S. The van der Waals surface area contributed by atoms with Crippen molar-refractivity contribution in [3.63, 3.8) is 0 Å². The first kappa shape index (κ1) is 13.7. The van der Waals surface area contributed by atoms with Crippen LogP contribution >= 0.6 is 11.6 Å². The molecule has 10 heteroatoms. The number of nitro benzene ring substituents is 1. The molecular weight excluding hydrogens is 300 g/mol. The lowest BCUT2D eigenvalue weighted by atomic mass is 10.2. The topological polar surface area (TPSA) is 108 Å². The molecule has 8 nitrogen and oxygen atoms in total. The number of sulfonamides is 1. The van der Waals surface area contributed by atoms with Crippen LogP contribution in [0.5, 0.6) is 11.5 Å². The number of hydrogen-bond donors (Lipinski definition) is 1. The molecule has 0 atom stereocenters. The van der Waals surface area contributed by atoms with Crippen molar-refractivity contribution in [2.75, 3.05) is 23.1 Å². The smallest absolute Gasteiger partial charge is 0.297 e. The summed E-state index contributed by atoms with van der Waals surface area (Å²) in [7, 11) is -3.74. The minimum Gasteiger partial charge on any atom is -0.454 e. The Balaban J connectivity index is 2.41. The number of anilines is 1. The van der Waals surface area contributed by atoms with E-state index in [1.54, 1.807) is 0 Å². The Kier molecular flexibility index (Phi) is 3.67. The van der Waals surface area contributed by atoms with E-state index in [1.165, 1.54) is 6.07 Å². The molecule has 0 bridgehead atoms. The Bertz CT molecular complexity index is 617. The average Bonchev–Trinajstić information content (AvgIpc) is 2.73. The summed E-state index contributed by atoms with van der Waals surface area (Å²) in [5, 5.41) is 10.9. The van der Waals surface area contributed by atoms with Crippen LogP contribution in [0.15, 0.2) is 12.1 Å². The van der Waals surface area contributed by atoms with Crippen LogP contribution in [0.25, 0.3) is 0 Å². The molecule has 0 unspecified atom stereocenters. The third-order valence-corrected chi connectivity index (χ3v) is 3.98. The minimum absolute atomic E-state index is 0.0651. The van der Waals surface area contributed by atoms with Crippen LogP contribution in [0.3, 0.4) is 0 Å². The normalized spacial score (nSPS) is 13.3. The van der Waals surface area contributed by atoms with E-state index in [1.807, 2.05) is 0 Å². The fraction of sp³-hybridized carbons (Fsp3) is 0.333. The van der Waals surface area contributed by atoms with Gasteiger partial charge in [-0.1, -0.05) is 0 Å². The summed E-state index contributed by atoms with van der Waals surface area (Å²) in [5.74, 6) is -0.0189.